The molecule has 0 spiro atoms. The van der Waals surface area contributed by atoms with E-state index in [2.05, 4.69) is 10.0 Å². The number of hydrogen-bond acceptors (Lipinski definition) is 3. The summed E-state index contributed by atoms with van der Waals surface area (Å²) in [5, 5.41) is 3.37. The van der Waals surface area contributed by atoms with Crippen LogP contribution in [0, 0.1) is 5.82 Å². The smallest absolute Gasteiger partial charge is 0.338 e. The Morgan fingerprint density at radius 2 is 2.37 bits per heavy atom. The molecule has 0 atom stereocenters. The Labute approximate surface area is 110 Å². The maximum atomic E-state index is 13.2. The molecular formula is C13H14FN3O2. The van der Waals surface area contributed by atoms with Crippen LogP contribution >= 0.6 is 0 Å². The molecule has 0 N–H and O–H groups in total. The minimum absolute atomic E-state index is 0.260. The summed E-state index contributed by atoms with van der Waals surface area (Å²) >= 11 is 0. The van der Waals surface area contributed by atoms with Crippen molar-refractivity contribution in [2.75, 3.05) is 13.2 Å². The number of hydrogen-bond donors (Lipinski definition) is 0. The summed E-state index contributed by atoms with van der Waals surface area (Å²) in [6.07, 6.45) is 3.84. The fourth-order valence-electron chi connectivity index (χ4n) is 1.45. The first-order valence-electron chi connectivity index (χ1n) is 5.83. The average Bonchev–Trinajstić information content (AvgIpc) is 2.39. The van der Waals surface area contributed by atoms with Gasteiger partial charge < -0.3 is 4.74 Å². The van der Waals surface area contributed by atoms with Crippen LogP contribution in [0.15, 0.2) is 29.4 Å². The van der Waals surface area contributed by atoms with Crippen LogP contribution in [0.4, 0.5) is 4.39 Å². The van der Waals surface area contributed by atoms with Crippen LogP contribution in [0.5, 0.6) is 0 Å². The van der Waals surface area contributed by atoms with Gasteiger partial charge in [0.1, 0.15) is 5.82 Å². The molecule has 0 aliphatic rings. The van der Waals surface area contributed by atoms with E-state index in [0.29, 0.717) is 24.1 Å². The van der Waals surface area contributed by atoms with Crippen LogP contribution in [0.25, 0.3) is 16.5 Å². The van der Waals surface area contributed by atoms with Crippen molar-refractivity contribution in [2.45, 2.75) is 13.3 Å². The van der Waals surface area contributed by atoms with Gasteiger partial charge in [0.05, 0.1) is 12.2 Å². The van der Waals surface area contributed by atoms with Crippen molar-refractivity contribution in [1.29, 1.82) is 0 Å². The Morgan fingerprint density at radius 1 is 1.58 bits per heavy atom. The summed E-state index contributed by atoms with van der Waals surface area (Å²) in [7, 11) is 0. The first-order chi connectivity index (χ1) is 9.19. The van der Waals surface area contributed by atoms with E-state index in [1.165, 1.54) is 18.2 Å². The molecule has 19 heavy (non-hydrogen) atoms. The third-order valence-electron chi connectivity index (χ3n) is 2.27. The van der Waals surface area contributed by atoms with E-state index < -0.39 is 11.8 Å². The molecule has 0 saturated heterocycles. The van der Waals surface area contributed by atoms with Gasteiger partial charge in [0, 0.05) is 11.5 Å². The molecule has 5 nitrogen and oxygen atoms in total. The number of halogens is 1. The number of rotatable bonds is 6. The molecule has 0 aliphatic heterocycles. The summed E-state index contributed by atoms with van der Waals surface area (Å²) in [4.78, 5) is 14.3. The van der Waals surface area contributed by atoms with Crippen molar-refractivity contribution >= 4 is 12.0 Å². The summed E-state index contributed by atoms with van der Waals surface area (Å²) in [6.45, 7) is 2.28. The van der Waals surface area contributed by atoms with Gasteiger partial charge in [-0.2, -0.15) is 0 Å². The fraction of sp³-hybridized carbons (Fsp3) is 0.308. The quantitative estimate of drug-likeness (QED) is 0.258. The van der Waals surface area contributed by atoms with Crippen molar-refractivity contribution in [1.82, 2.24) is 0 Å². The first kappa shape index (κ1) is 14.7. The van der Waals surface area contributed by atoms with Crippen LogP contribution in [0.3, 0.4) is 0 Å². The molecule has 0 unspecified atom stereocenters. The lowest BCUT2D eigenvalue weighted by atomic mass is 10.1. The second-order valence-electron chi connectivity index (χ2n) is 3.60. The number of ether oxygens (including phenoxy) is 1. The van der Waals surface area contributed by atoms with Crippen molar-refractivity contribution in [3.63, 3.8) is 0 Å². The van der Waals surface area contributed by atoms with E-state index in [4.69, 9.17) is 10.3 Å². The van der Waals surface area contributed by atoms with Crippen LogP contribution in [-0.4, -0.2) is 19.1 Å². The third-order valence-corrected chi connectivity index (χ3v) is 2.27. The van der Waals surface area contributed by atoms with E-state index in [0.717, 1.165) is 0 Å². The highest BCUT2D eigenvalue weighted by atomic mass is 19.1. The zero-order valence-electron chi connectivity index (χ0n) is 10.5. The predicted molar refractivity (Wildman–Crippen MR) is 70.0 cm³/mol. The minimum atomic E-state index is -0.489. The van der Waals surface area contributed by atoms with Crippen LogP contribution in [0.1, 0.15) is 29.3 Å². The van der Waals surface area contributed by atoms with Gasteiger partial charge in [0.2, 0.25) is 0 Å². The van der Waals surface area contributed by atoms with Gasteiger partial charge in [-0.3, -0.25) is 0 Å². The molecule has 0 heterocycles. The molecule has 1 aromatic rings. The van der Waals surface area contributed by atoms with Crippen molar-refractivity contribution < 1.29 is 13.9 Å². The molecule has 1 aromatic carbocycles. The highest BCUT2D eigenvalue weighted by Gasteiger charge is 2.11. The molecule has 0 radical (unpaired) electrons. The molecule has 0 amide bonds. The summed E-state index contributed by atoms with van der Waals surface area (Å²) in [5.74, 6) is -0.917. The summed E-state index contributed by atoms with van der Waals surface area (Å²) in [5.41, 5.74) is 8.87. The van der Waals surface area contributed by atoms with Gasteiger partial charge in [0.25, 0.3) is 0 Å². The molecule has 1 rings (SSSR count). The molecule has 0 saturated carbocycles. The second kappa shape index (κ2) is 7.89. The van der Waals surface area contributed by atoms with Crippen LogP contribution in [0.2, 0.25) is 0 Å². The third kappa shape index (κ3) is 4.81. The number of carbonyl (C=O) groups excluding carboxylic acids is 1. The highest BCUT2D eigenvalue weighted by Crippen LogP contribution is 2.15. The van der Waals surface area contributed by atoms with Gasteiger partial charge in [0.15, 0.2) is 0 Å². The van der Waals surface area contributed by atoms with E-state index in [-0.39, 0.29) is 6.61 Å². The summed E-state index contributed by atoms with van der Waals surface area (Å²) in [6, 6.07) is 3.86. The lowest BCUT2D eigenvalue weighted by Gasteiger charge is -2.05. The molecule has 100 valence electrons. The predicted octanol–water partition coefficient (Wildman–Crippen LogP) is 3.72. The van der Waals surface area contributed by atoms with Crippen molar-refractivity contribution in [3.8, 4) is 0 Å². The maximum absolute atomic E-state index is 13.2. The number of carbonyl (C=O) groups is 1. The Hall–Kier alpha value is -2.33. The zero-order valence-corrected chi connectivity index (χ0v) is 10.5. The summed E-state index contributed by atoms with van der Waals surface area (Å²) < 4.78 is 18.1. The van der Waals surface area contributed by atoms with E-state index in [1.54, 1.807) is 19.1 Å². The number of benzene rings is 1. The minimum Gasteiger partial charge on any atom is -0.462 e. The molecule has 0 aliphatic carbocycles. The van der Waals surface area contributed by atoms with Crippen LogP contribution in [-0.2, 0) is 4.74 Å². The number of azide groups is 1. The van der Waals surface area contributed by atoms with Crippen molar-refractivity contribution in [2.24, 2.45) is 5.11 Å². The highest BCUT2D eigenvalue weighted by molar-refractivity contribution is 5.93. The van der Waals surface area contributed by atoms with E-state index >= 15 is 0 Å². The molecule has 0 fully saturated rings. The monoisotopic (exact) mass is 263 g/mol. The van der Waals surface area contributed by atoms with Gasteiger partial charge in [-0.15, -0.1) is 0 Å². The zero-order chi connectivity index (χ0) is 14.1. The normalized spacial score (nSPS) is 10.2. The average molecular weight is 263 g/mol. The largest absolute Gasteiger partial charge is 0.462 e. The fourth-order valence-corrected chi connectivity index (χ4v) is 1.45. The van der Waals surface area contributed by atoms with E-state index in [9.17, 15) is 9.18 Å². The van der Waals surface area contributed by atoms with Crippen LogP contribution < -0.4 is 0 Å². The Bertz CT molecular complexity index is 523. The molecular weight excluding hydrogens is 249 g/mol. The first-order valence-corrected chi connectivity index (χ1v) is 5.83. The Balaban J connectivity index is 2.87. The SMILES string of the molecule is CCOC(=O)c1ccc(F)cc1C=CCCN=[N+]=[N-]. The lowest BCUT2D eigenvalue weighted by molar-refractivity contribution is 0.0526. The lowest BCUT2D eigenvalue weighted by Crippen LogP contribution is -2.06. The Kier molecular flexibility index (Phi) is 6.12. The molecule has 6 heteroatoms. The van der Waals surface area contributed by atoms with Gasteiger partial charge >= 0.3 is 5.97 Å². The van der Waals surface area contributed by atoms with Crippen molar-refractivity contribution in [3.05, 3.63) is 51.7 Å². The van der Waals surface area contributed by atoms with Gasteiger partial charge in [-0.25, -0.2) is 9.18 Å². The van der Waals surface area contributed by atoms with E-state index in [1.807, 2.05) is 0 Å². The second-order valence-corrected chi connectivity index (χ2v) is 3.60. The topological polar surface area (TPSA) is 75.1 Å². The molecule has 0 aromatic heterocycles. The standard InChI is InChI=1S/C13H14FN3O2/c1-2-19-13(18)12-7-6-11(14)9-10(12)5-3-4-8-16-17-15/h3,5-7,9H,2,4,8H2,1H3. The van der Waals surface area contributed by atoms with Gasteiger partial charge in [-0.1, -0.05) is 17.3 Å². The number of nitrogens with zero attached hydrogens (tertiary/aromatic N) is 3. The number of esters is 1. The van der Waals surface area contributed by atoms with Gasteiger partial charge in [-0.05, 0) is 42.6 Å². The molecule has 0 bridgehead atoms. The Morgan fingerprint density at radius 3 is 3.05 bits per heavy atom. The maximum Gasteiger partial charge on any atom is 0.338 e.